The molecule has 3 amide bonds. The topological polar surface area (TPSA) is 70.2 Å². The van der Waals surface area contributed by atoms with Crippen molar-refractivity contribution in [3.63, 3.8) is 0 Å². The number of nitrogens with one attached hydrogen (secondary N) is 3. The van der Waals surface area contributed by atoms with E-state index in [0.717, 1.165) is 5.56 Å². The maximum absolute atomic E-state index is 12.1. The van der Waals surface area contributed by atoms with E-state index in [1.807, 2.05) is 30.3 Å². The predicted octanol–water partition coefficient (Wildman–Crippen LogP) is 2.74. The summed E-state index contributed by atoms with van der Waals surface area (Å²) in [6.45, 7) is 0.509. The van der Waals surface area contributed by atoms with Crippen LogP contribution in [-0.4, -0.2) is 24.5 Å². The van der Waals surface area contributed by atoms with Crippen LogP contribution in [0.25, 0.3) is 0 Å². The first-order chi connectivity index (χ1) is 11.1. The third kappa shape index (κ3) is 3.63. The van der Waals surface area contributed by atoms with E-state index in [2.05, 4.69) is 16.0 Å². The molecule has 6 heteroatoms. The molecule has 118 valence electrons. The van der Waals surface area contributed by atoms with E-state index in [9.17, 15) is 9.59 Å². The van der Waals surface area contributed by atoms with Crippen molar-refractivity contribution >= 4 is 29.2 Å². The molecule has 5 nitrogen and oxygen atoms in total. The second-order valence-electron chi connectivity index (χ2n) is 5.35. The summed E-state index contributed by atoms with van der Waals surface area (Å²) in [5.74, 6) is -0.259. The Labute approximate surface area is 139 Å². The maximum Gasteiger partial charge on any atom is 0.319 e. The van der Waals surface area contributed by atoms with Crippen LogP contribution in [0.5, 0.6) is 0 Å². The number of urea groups is 1. The second kappa shape index (κ2) is 6.71. The highest BCUT2D eigenvalue weighted by Crippen LogP contribution is 2.23. The second-order valence-corrected chi connectivity index (χ2v) is 5.78. The third-order valence-corrected chi connectivity index (χ3v) is 4.05. The van der Waals surface area contributed by atoms with Crippen molar-refractivity contribution in [3.8, 4) is 0 Å². The van der Waals surface area contributed by atoms with E-state index in [1.54, 1.807) is 24.3 Å². The van der Waals surface area contributed by atoms with Gasteiger partial charge in [-0.2, -0.15) is 0 Å². The molecule has 1 fully saturated rings. The minimum Gasteiger partial charge on any atom is -0.354 e. The molecule has 1 heterocycles. The summed E-state index contributed by atoms with van der Waals surface area (Å²) in [6.07, 6.45) is 0. The van der Waals surface area contributed by atoms with Gasteiger partial charge in [-0.3, -0.25) is 4.79 Å². The molecule has 2 aromatic rings. The normalized spacial score (nSPS) is 20.0. The molecule has 23 heavy (non-hydrogen) atoms. The molecule has 1 aliphatic rings. The van der Waals surface area contributed by atoms with Crippen LogP contribution in [0.3, 0.4) is 0 Å². The molecular formula is C17H16ClN3O2. The highest BCUT2D eigenvalue weighted by atomic mass is 35.5. The van der Waals surface area contributed by atoms with Gasteiger partial charge < -0.3 is 16.0 Å². The van der Waals surface area contributed by atoms with Crippen molar-refractivity contribution in [1.82, 2.24) is 10.6 Å². The fourth-order valence-electron chi connectivity index (χ4n) is 2.64. The largest absolute Gasteiger partial charge is 0.354 e. The Hall–Kier alpha value is -2.53. The lowest BCUT2D eigenvalue weighted by Crippen LogP contribution is -2.44. The molecule has 1 saturated heterocycles. The average Bonchev–Trinajstić information content (AvgIpc) is 2.91. The number of hydrogen-bond acceptors (Lipinski definition) is 2. The van der Waals surface area contributed by atoms with Crippen LogP contribution in [0.1, 0.15) is 11.5 Å². The van der Waals surface area contributed by atoms with E-state index >= 15 is 0 Å². The van der Waals surface area contributed by atoms with Crippen LogP contribution in [0, 0.1) is 0 Å². The molecule has 3 N–H and O–H groups in total. The summed E-state index contributed by atoms with van der Waals surface area (Å²) in [6, 6.07) is 15.4. The number of anilines is 1. The lowest BCUT2D eigenvalue weighted by atomic mass is 9.94. The Balaban J connectivity index is 1.68. The lowest BCUT2D eigenvalue weighted by molar-refractivity contribution is -0.120. The first-order valence-corrected chi connectivity index (χ1v) is 7.67. The van der Waals surface area contributed by atoms with Gasteiger partial charge in [-0.1, -0.05) is 41.9 Å². The quantitative estimate of drug-likeness (QED) is 0.810. The van der Waals surface area contributed by atoms with Crippen LogP contribution in [0.2, 0.25) is 5.02 Å². The number of carbonyl (C=O) groups is 2. The van der Waals surface area contributed by atoms with Gasteiger partial charge in [-0.15, -0.1) is 0 Å². The molecule has 0 saturated carbocycles. The summed E-state index contributed by atoms with van der Waals surface area (Å²) in [5.41, 5.74) is 1.63. The van der Waals surface area contributed by atoms with Gasteiger partial charge in [0.25, 0.3) is 0 Å². The van der Waals surface area contributed by atoms with Crippen molar-refractivity contribution in [3.05, 3.63) is 65.2 Å². The summed E-state index contributed by atoms with van der Waals surface area (Å²) < 4.78 is 0. The fourth-order valence-corrected chi connectivity index (χ4v) is 2.77. The Morgan fingerprint density at radius 3 is 2.48 bits per heavy atom. The van der Waals surface area contributed by atoms with Gasteiger partial charge in [0, 0.05) is 23.2 Å². The standard InChI is InChI=1S/C17H16ClN3O2/c18-12-6-8-13(9-7-12)20-17(23)21-15-14(10-19-16(15)22)11-4-2-1-3-5-11/h1-9,14-15H,10H2,(H,19,22)(H2,20,21,23)/t14-,15-/m1/s1. The average molecular weight is 330 g/mol. The van der Waals surface area contributed by atoms with Crippen molar-refractivity contribution in [2.24, 2.45) is 0 Å². The molecule has 3 rings (SSSR count). The molecule has 0 spiro atoms. The molecule has 0 bridgehead atoms. The number of amides is 3. The molecule has 0 aromatic heterocycles. The van der Waals surface area contributed by atoms with Crippen molar-refractivity contribution < 1.29 is 9.59 Å². The number of rotatable bonds is 3. The molecular weight excluding hydrogens is 314 g/mol. The summed E-state index contributed by atoms with van der Waals surface area (Å²) in [4.78, 5) is 24.2. The highest BCUT2D eigenvalue weighted by molar-refractivity contribution is 6.30. The van der Waals surface area contributed by atoms with Crippen LogP contribution in [0.4, 0.5) is 10.5 Å². The van der Waals surface area contributed by atoms with Gasteiger partial charge >= 0.3 is 6.03 Å². The van der Waals surface area contributed by atoms with Gasteiger partial charge in [0.1, 0.15) is 6.04 Å². The fraction of sp³-hybridized carbons (Fsp3) is 0.176. The number of benzene rings is 2. The Morgan fingerprint density at radius 2 is 1.78 bits per heavy atom. The Kier molecular flexibility index (Phi) is 4.48. The van der Waals surface area contributed by atoms with Gasteiger partial charge in [0.15, 0.2) is 0 Å². The smallest absolute Gasteiger partial charge is 0.319 e. The maximum atomic E-state index is 12.1. The summed E-state index contributed by atoms with van der Waals surface area (Å²) >= 11 is 5.81. The monoisotopic (exact) mass is 329 g/mol. The van der Waals surface area contributed by atoms with Crippen LogP contribution >= 0.6 is 11.6 Å². The van der Waals surface area contributed by atoms with Crippen LogP contribution < -0.4 is 16.0 Å². The predicted molar refractivity (Wildman–Crippen MR) is 89.6 cm³/mol. The van der Waals surface area contributed by atoms with Crippen molar-refractivity contribution in [2.45, 2.75) is 12.0 Å². The Morgan fingerprint density at radius 1 is 1.09 bits per heavy atom. The molecule has 0 unspecified atom stereocenters. The minimum absolute atomic E-state index is 0.0836. The zero-order chi connectivity index (χ0) is 16.2. The molecule has 2 atom stereocenters. The highest BCUT2D eigenvalue weighted by Gasteiger charge is 2.36. The zero-order valence-electron chi connectivity index (χ0n) is 12.3. The lowest BCUT2D eigenvalue weighted by Gasteiger charge is -2.19. The van der Waals surface area contributed by atoms with Crippen LogP contribution in [0.15, 0.2) is 54.6 Å². The third-order valence-electron chi connectivity index (χ3n) is 3.80. The SMILES string of the molecule is O=C(Nc1ccc(Cl)cc1)N[C@H]1C(=O)NC[C@@H]1c1ccccc1. The summed E-state index contributed by atoms with van der Waals surface area (Å²) in [5, 5.41) is 8.83. The summed E-state index contributed by atoms with van der Waals surface area (Å²) in [7, 11) is 0. The zero-order valence-corrected chi connectivity index (χ0v) is 13.0. The van der Waals surface area contributed by atoms with Crippen molar-refractivity contribution in [1.29, 1.82) is 0 Å². The van der Waals surface area contributed by atoms with Gasteiger partial charge in [0.2, 0.25) is 5.91 Å². The Bertz CT molecular complexity index is 704. The van der Waals surface area contributed by atoms with E-state index in [1.165, 1.54) is 0 Å². The molecule has 2 aromatic carbocycles. The number of carbonyl (C=O) groups excluding carboxylic acids is 2. The number of hydrogen-bond donors (Lipinski definition) is 3. The van der Waals surface area contributed by atoms with E-state index in [0.29, 0.717) is 17.3 Å². The van der Waals surface area contributed by atoms with Gasteiger partial charge in [0.05, 0.1) is 0 Å². The van der Waals surface area contributed by atoms with Crippen LogP contribution in [-0.2, 0) is 4.79 Å². The van der Waals surface area contributed by atoms with Gasteiger partial charge in [-0.05, 0) is 29.8 Å². The first kappa shape index (κ1) is 15.4. The molecule has 0 aliphatic carbocycles. The van der Waals surface area contributed by atoms with E-state index < -0.39 is 12.1 Å². The molecule has 0 radical (unpaired) electrons. The van der Waals surface area contributed by atoms with Gasteiger partial charge in [-0.25, -0.2) is 4.79 Å². The minimum atomic E-state index is -0.593. The van der Waals surface area contributed by atoms with Crippen molar-refractivity contribution in [2.75, 3.05) is 11.9 Å². The number of halogens is 1. The van der Waals surface area contributed by atoms with E-state index in [4.69, 9.17) is 11.6 Å². The van der Waals surface area contributed by atoms with E-state index in [-0.39, 0.29) is 11.8 Å². The molecule has 1 aliphatic heterocycles. The first-order valence-electron chi connectivity index (χ1n) is 7.29.